The molecule has 1 aromatic rings. The van der Waals surface area contributed by atoms with E-state index in [-0.39, 0.29) is 23.9 Å². The van der Waals surface area contributed by atoms with Crippen molar-refractivity contribution in [1.29, 1.82) is 0 Å². The number of aryl methyl sites for hydroxylation is 1. The van der Waals surface area contributed by atoms with Crippen LogP contribution in [-0.2, 0) is 16.1 Å². The van der Waals surface area contributed by atoms with Crippen LogP contribution in [0.3, 0.4) is 0 Å². The molecule has 1 aliphatic carbocycles. The van der Waals surface area contributed by atoms with Crippen LogP contribution in [0.2, 0.25) is 0 Å². The van der Waals surface area contributed by atoms with E-state index >= 15 is 0 Å². The molecule has 0 radical (unpaired) electrons. The van der Waals surface area contributed by atoms with Crippen LogP contribution in [-0.4, -0.2) is 5.97 Å². The van der Waals surface area contributed by atoms with Gasteiger partial charge in [-0.1, -0.05) is 25.5 Å². The van der Waals surface area contributed by atoms with Crippen LogP contribution in [0.4, 0.5) is 0 Å². The maximum atomic E-state index is 12.1. The number of rotatable bonds is 4. The highest BCUT2D eigenvalue weighted by Gasteiger charge is 2.61. The number of furan rings is 1. The molecular weight excluding hydrogens is 240 g/mol. The minimum Gasteiger partial charge on any atom is -0.465 e. The van der Waals surface area contributed by atoms with E-state index in [1.165, 1.54) is 5.57 Å². The van der Waals surface area contributed by atoms with E-state index in [2.05, 4.69) is 33.8 Å². The van der Waals surface area contributed by atoms with Crippen molar-refractivity contribution in [3.63, 3.8) is 0 Å². The van der Waals surface area contributed by atoms with Crippen molar-refractivity contribution in [3.05, 3.63) is 35.3 Å². The first kappa shape index (κ1) is 13.9. The highest BCUT2D eigenvalue weighted by Crippen LogP contribution is 2.59. The van der Waals surface area contributed by atoms with Crippen molar-refractivity contribution in [2.45, 2.75) is 41.2 Å². The highest BCUT2D eigenvalue weighted by molar-refractivity contribution is 5.78. The zero-order chi connectivity index (χ0) is 14.2. The Morgan fingerprint density at radius 3 is 2.68 bits per heavy atom. The summed E-state index contributed by atoms with van der Waals surface area (Å²) in [5, 5.41) is 0. The van der Waals surface area contributed by atoms with Gasteiger partial charge < -0.3 is 9.15 Å². The Bertz CT molecular complexity index is 504. The Balaban J connectivity index is 1.95. The molecule has 0 bridgehead atoms. The number of esters is 1. The summed E-state index contributed by atoms with van der Waals surface area (Å²) in [6, 6.07) is 1.87. The van der Waals surface area contributed by atoms with Gasteiger partial charge in [-0.15, -0.1) is 0 Å². The van der Waals surface area contributed by atoms with Crippen LogP contribution >= 0.6 is 0 Å². The zero-order valence-electron chi connectivity index (χ0n) is 12.3. The Morgan fingerprint density at radius 1 is 1.47 bits per heavy atom. The molecule has 2 rings (SSSR count). The Morgan fingerprint density at radius 2 is 2.16 bits per heavy atom. The Labute approximate surface area is 114 Å². The van der Waals surface area contributed by atoms with Gasteiger partial charge in [-0.25, -0.2) is 0 Å². The number of ether oxygens (including phenoxy) is 1. The predicted octanol–water partition coefficient (Wildman–Crippen LogP) is 3.87. The molecule has 3 nitrogen and oxygen atoms in total. The number of hydrogen-bond donors (Lipinski definition) is 0. The first-order chi connectivity index (χ1) is 8.84. The smallest absolute Gasteiger partial charge is 0.310 e. The van der Waals surface area contributed by atoms with E-state index in [9.17, 15) is 4.79 Å². The van der Waals surface area contributed by atoms with Crippen molar-refractivity contribution < 1.29 is 13.9 Å². The van der Waals surface area contributed by atoms with E-state index in [0.29, 0.717) is 5.92 Å². The standard InChI is InChI=1S/C16H22O3/c1-10(2)8-12-14(16(12,4)5)15(17)19-9-13-11(3)6-7-18-13/h6-8,12,14H,9H2,1-5H3. The van der Waals surface area contributed by atoms with Crippen molar-refractivity contribution >= 4 is 5.97 Å². The largest absolute Gasteiger partial charge is 0.465 e. The van der Waals surface area contributed by atoms with Gasteiger partial charge in [-0.05, 0) is 43.7 Å². The molecule has 104 valence electrons. The first-order valence-electron chi connectivity index (χ1n) is 6.68. The molecule has 3 heteroatoms. The van der Waals surface area contributed by atoms with Gasteiger partial charge in [-0.3, -0.25) is 4.79 Å². The van der Waals surface area contributed by atoms with E-state index in [4.69, 9.17) is 9.15 Å². The average molecular weight is 262 g/mol. The van der Waals surface area contributed by atoms with Crippen LogP contribution in [0.25, 0.3) is 0 Å². The molecule has 1 saturated carbocycles. The quantitative estimate of drug-likeness (QED) is 0.611. The molecule has 2 unspecified atom stereocenters. The van der Waals surface area contributed by atoms with Gasteiger partial charge in [0.1, 0.15) is 12.4 Å². The van der Waals surface area contributed by atoms with Crippen molar-refractivity contribution in [2.24, 2.45) is 17.3 Å². The highest BCUT2D eigenvalue weighted by atomic mass is 16.5. The number of carbonyl (C=O) groups is 1. The summed E-state index contributed by atoms with van der Waals surface area (Å²) in [4.78, 5) is 12.1. The minimum atomic E-state index is -0.122. The molecule has 1 aromatic heterocycles. The van der Waals surface area contributed by atoms with E-state index < -0.39 is 0 Å². The summed E-state index contributed by atoms with van der Waals surface area (Å²) in [7, 11) is 0. The fourth-order valence-electron chi connectivity index (χ4n) is 2.58. The lowest BCUT2D eigenvalue weighted by Gasteiger charge is -2.04. The number of carbonyl (C=O) groups excluding carboxylic acids is 1. The third kappa shape index (κ3) is 2.75. The van der Waals surface area contributed by atoms with Gasteiger partial charge in [0, 0.05) is 0 Å². The third-order valence-corrected chi connectivity index (χ3v) is 3.99. The maximum absolute atomic E-state index is 12.1. The molecule has 0 aliphatic heterocycles. The predicted molar refractivity (Wildman–Crippen MR) is 73.4 cm³/mol. The van der Waals surface area contributed by atoms with E-state index in [0.717, 1.165) is 11.3 Å². The molecule has 1 fully saturated rings. The van der Waals surface area contributed by atoms with Crippen LogP contribution in [0.1, 0.15) is 39.0 Å². The molecule has 0 aromatic carbocycles. The number of allylic oxidation sites excluding steroid dienone is 2. The molecule has 0 spiro atoms. The van der Waals surface area contributed by atoms with Crippen molar-refractivity contribution in [3.8, 4) is 0 Å². The van der Waals surface area contributed by atoms with Gasteiger partial charge in [0.25, 0.3) is 0 Å². The summed E-state index contributed by atoms with van der Waals surface area (Å²) in [5.74, 6) is 0.870. The topological polar surface area (TPSA) is 39.4 Å². The molecule has 19 heavy (non-hydrogen) atoms. The van der Waals surface area contributed by atoms with Gasteiger partial charge in [-0.2, -0.15) is 0 Å². The Hall–Kier alpha value is -1.51. The van der Waals surface area contributed by atoms with Crippen molar-refractivity contribution in [1.82, 2.24) is 0 Å². The van der Waals surface area contributed by atoms with Gasteiger partial charge in [0.05, 0.1) is 12.2 Å². The van der Waals surface area contributed by atoms with Gasteiger partial charge in [0.2, 0.25) is 0 Å². The van der Waals surface area contributed by atoms with E-state index in [1.54, 1.807) is 6.26 Å². The molecule has 0 N–H and O–H groups in total. The normalized spacial score (nSPS) is 23.8. The lowest BCUT2D eigenvalue weighted by Crippen LogP contribution is -2.10. The van der Waals surface area contributed by atoms with Crippen molar-refractivity contribution in [2.75, 3.05) is 0 Å². The second-order valence-electron chi connectivity index (χ2n) is 6.20. The zero-order valence-corrected chi connectivity index (χ0v) is 12.3. The minimum absolute atomic E-state index is 0.00651. The summed E-state index contributed by atoms with van der Waals surface area (Å²) >= 11 is 0. The molecule has 0 amide bonds. The summed E-state index contributed by atoms with van der Waals surface area (Å²) < 4.78 is 10.6. The molecular formula is C16H22O3. The molecule has 1 aliphatic rings. The third-order valence-electron chi connectivity index (χ3n) is 3.99. The average Bonchev–Trinajstić information content (AvgIpc) is 2.66. The van der Waals surface area contributed by atoms with Crippen LogP contribution in [0, 0.1) is 24.2 Å². The first-order valence-corrected chi connectivity index (χ1v) is 6.68. The van der Waals surface area contributed by atoms with E-state index in [1.807, 2.05) is 13.0 Å². The van der Waals surface area contributed by atoms with Gasteiger partial charge in [0.15, 0.2) is 0 Å². The lowest BCUT2D eigenvalue weighted by atomic mass is 10.1. The van der Waals surface area contributed by atoms with Crippen LogP contribution in [0.5, 0.6) is 0 Å². The Kier molecular flexibility index (Phi) is 3.57. The SMILES string of the molecule is CC(C)=CC1C(C(=O)OCc2occc2C)C1(C)C. The molecule has 0 saturated heterocycles. The lowest BCUT2D eigenvalue weighted by molar-refractivity contribution is -0.148. The van der Waals surface area contributed by atoms with Crippen LogP contribution < -0.4 is 0 Å². The molecule has 2 atom stereocenters. The van der Waals surface area contributed by atoms with Crippen LogP contribution in [0.15, 0.2) is 28.4 Å². The summed E-state index contributed by atoms with van der Waals surface area (Å²) in [5.41, 5.74) is 2.27. The van der Waals surface area contributed by atoms with Gasteiger partial charge >= 0.3 is 5.97 Å². The monoisotopic (exact) mass is 262 g/mol. The summed E-state index contributed by atoms with van der Waals surface area (Å²) in [6.07, 6.45) is 3.79. The summed E-state index contributed by atoms with van der Waals surface area (Å²) in [6.45, 7) is 10.5. The maximum Gasteiger partial charge on any atom is 0.310 e. The fourth-order valence-corrected chi connectivity index (χ4v) is 2.58. The molecule has 1 heterocycles. The second kappa shape index (κ2) is 4.87. The fraction of sp³-hybridized carbons (Fsp3) is 0.562. The second-order valence-corrected chi connectivity index (χ2v) is 6.20. The number of hydrogen-bond acceptors (Lipinski definition) is 3.